The highest BCUT2D eigenvalue weighted by Gasteiger charge is 2.63. The minimum atomic E-state index is -0.831. The molecule has 1 aliphatic carbocycles. The molecule has 5 nitrogen and oxygen atoms in total. The number of carboxylic acids is 1. The summed E-state index contributed by atoms with van der Waals surface area (Å²) >= 11 is 0. The summed E-state index contributed by atoms with van der Waals surface area (Å²) in [5.74, 6) is -0.252. The average molecular weight is 313 g/mol. The van der Waals surface area contributed by atoms with Crippen molar-refractivity contribution in [1.29, 1.82) is 0 Å². The zero-order chi connectivity index (χ0) is 16.4. The fourth-order valence-corrected chi connectivity index (χ4v) is 3.43. The van der Waals surface area contributed by atoms with E-state index in [-0.39, 0.29) is 5.92 Å². The molecule has 1 heterocycles. The van der Waals surface area contributed by atoms with Crippen molar-refractivity contribution in [2.75, 3.05) is 6.54 Å². The van der Waals surface area contributed by atoms with E-state index in [1.165, 1.54) is 0 Å². The van der Waals surface area contributed by atoms with Crippen LogP contribution in [0.5, 0.6) is 0 Å². The number of carbonyl (C=O) groups is 1. The van der Waals surface area contributed by atoms with Crippen molar-refractivity contribution in [3.63, 3.8) is 0 Å². The molecule has 0 unspecified atom stereocenters. The van der Waals surface area contributed by atoms with Gasteiger partial charge in [-0.25, -0.2) is 4.98 Å². The largest absolute Gasteiger partial charge is 0.481 e. The van der Waals surface area contributed by atoms with Crippen LogP contribution in [0.1, 0.15) is 31.9 Å². The highest BCUT2D eigenvalue weighted by Crippen LogP contribution is 2.57. The van der Waals surface area contributed by atoms with Gasteiger partial charge < -0.3 is 15.4 Å². The molecule has 0 aliphatic heterocycles. The molecule has 3 rings (SSSR count). The second-order valence-electron chi connectivity index (χ2n) is 6.42. The number of carboxylic acid groups (broad SMARTS) is 1. The molecule has 0 spiro atoms. The molecule has 1 aromatic carbocycles. The Morgan fingerprint density at radius 1 is 1.48 bits per heavy atom. The van der Waals surface area contributed by atoms with Crippen LogP contribution >= 0.6 is 0 Å². The van der Waals surface area contributed by atoms with Crippen LogP contribution in [0, 0.1) is 11.8 Å². The molecule has 5 heteroatoms. The highest BCUT2D eigenvalue weighted by molar-refractivity contribution is 5.85. The highest BCUT2D eigenvalue weighted by atomic mass is 16.4. The van der Waals surface area contributed by atoms with E-state index in [9.17, 15) is 9.90 Å². The normalized spacial score (nSPS) is 24.3. The third kappa shape index (κ3) is 2.77. The first-order valence-corrected chi connectivity index (χ1v) is 8.15. The van der Waals surface area contributed by atoms with E-state index in [0.717, 1.165) is 18.5 Å². The van der Waals surface area contributed by atoms with Gasteiger partial charge in [-0.3, -0.25) is 4.79 Å². The minimum Gasteiger partial charge on any atom is -0.481 e. The lowest BCUT2D eigenvalue weighted by Gasteiger charge is -2.14. The number of benzene rings is 1. The summed E-state index contributed by atoms with van der Waals surface area (Å²) < 4.78 is 1.88. The summed E-state index contributed by atoms with van der Waals surface area (Å²) in [6.45, 7) is 2.72. The van der Waals surface area contributed by atoms with E-state index in [1.807, 2.05) is 41.1 Å². The number of aliphatic carboxylic acids is 1. The van der Waals surface area contributed by atoms with Gasteiger partial charge in [0.25, 0.3) is 0 Å². The first-order valence-electron chi connectivity index (χ1n) is 8.15. The Labute approximate surface area is 136 Å². The van der Waals surface area contributed by atoms with Crippen LogP contribution in [0.3, 0.4) is 0 Å². The van der Waals surface area contributed by atoms with E-state index in [4.69, 9.17) is 5.73 Å². The Balaban J connectivity index is 1.84. The van der Waals surface area contributed by atoms with Crippen molar-refractivity contribution in [2.24, 2.45) is 17.6 Å². The van der Waals surface area contributed by atoms with Gasteiger partial charge in [0.2, 0.25) is 0 Å². The van der Waals surface area contributed by atoms with Gasteiger partial charge in [0, 0.05) is 11.9 Å². The van der Waals surface area contributed by atoms with Gasteiger partial charge in [0.05, 0.1) is 12.0 Å². The van der Waals surface area contributed by atoms with E-state index in [2.05, 4.69) is 11.9 Å². The molecule has 1 fully saturated rings. The van der Waals surface area contributed by atoms with Crippen molar-refractivity contribution in [3.8, 4) is 5.69 Å². The third-order valence-corrected chi connectivity index (χ3v) is 5.11. The van der Waals surface area contributed by atoms with Crippen LogP contribution in [0.4, 0.5) is 0 Å². The molecule has 0 amide bonds. The molecule has 0 saturated heterocycles. The van der Waals surface area contributed by atoms with E-state index in [1.54, 1.807) is 6.33 Å². The Kier molecular flexibility index (Phi) is 4.22. The maximum atomic E-state index is 11.9. The van der Waals surface area contributed by atoms with Crippen LogP contribution in [-0.4, -0.2) is 27.2 Å². The van der Waals surface area contributed by atoms with Crippen molar-refractivity contribution in [2.45, 2.75) is 31.6 Å². The molecule has 122 valence electrons. The predicted octanol–water partition coefficient (Wildman–Crippen LogP) is 2.59. The van der Waals surface area contributed by atoms with Gasteiger partial charge >= 0.3 is 5.97 Å². The summed E-state index contributed by atoms with van der Waals surface area (Å²) in [7, 11) is 0. The quantitative estimate of drug-likeness (QED) is 0.823. The van der Waals surface area contributed by atoms with E-state index >= 15 is 0 Å². The molecular weight excluding hydrogens is 290 g/mol. The van der Waals surface area contributed by atoms with Crippen molar-refractivity contribution in [1.82, 2.24) is 9.55 Å². The lowest BCUT2D eigenvalue weighted by atomic mass is 9.92. The summed E-state index contributed by atoms with van der Waals surface area (Å²) in [6, 6.07) is 9.81. The summed E-state index contributed by atoms with van der Waals surface area (Å²) in [4.78, 5) is 16.3. The summed E-state index contributed by atoms with van der Waals surface area (Å²) in [5.41, 5.74) is 6.59. The zero-order valence-electron chi connectivity index (χ0n) is 13.4. The van der Waals surface area contributed by atoms with E-state index in [0.29, 0.717) is 24.6 Å². The fraction of sp³-hybridized carbons (Fsp3) is 0.444. The predicted molar refractivity (Wildman–Crippen MR) is 88.4 cm³/mol. The fourth-order valence-electron chi connectivity index (χ4n) is 3.43. The maximum absolute atomic E-state index is 11.9. The lowest BCUT2D eigenvalue weighted by molar-refractivity contribution is -0.140. The Morgan fingerprint density at radius 2 is 2.22 bits per heavy atom. The van der Waals surface area contributed by atoms with Gasteiger partial charge in [-0.05, 0) is 43.4 Å². The van der Waals surface area contributed by atoms with Gasteiger partial charge in [-0.15, -0.1) is 0 Å². The number of rotatable bonds is 7. The number of nitrogens with zero attached hydrogens (tertiary/aromatic N) is 2. The number of aromatic nitrogens is 2. The second kappa shape index (κ2) is 6.16. The molecule has 3 atom stereocenters. The SMILES string of the molecule is CC[C@H](CN)C[C@H]1C[C@]1(C(=O)O)c1cn(-c2ccccc2)cn1. The van der Waals surface area contributed by atoms with Crippen LogP contribution in [0.15, 0.2) is 42.9 Å². The van der Waals surface area contributed by atoms with Gasteiger partial charge in [0.15, 0.2) is 0 Å². The maximum Gasteiger partial charge on any atom is 0.316 e. The molecule has 1 aliphatic rings. The van der Waals surface area contributed by atoms with Gasteiger partial charge in [0.1, 0.15) is 5.41 Å². The van der Waals surface area contributed by atoms with Crippen LogP contribution in [0.25, 0.3) is 5.69 Å². The molecule has 2 aromatic rings. The van der Waals surface area contributed by atoms with E-state index < -0.39 is 11.4 Å². The topological polar surface area (TPSA) is 81.1 Å². The molecular formula is C18H23N3O2. The first-order chi connectivity index (χ1) is 11.1. The molecule has 1 saturated carbocycles. The Hall–Kier alpha value is -2.14. The third-order valence-electron chi connectivity index (χ3n) is 5.11. The second-order valence-corrected chi connectivity index (χ2v) is 6.42. The molecule has 23 heavy (non-hydrogen) atoms. The van der Waals surface area contributed by atoms with Crippen molar-refractivity contribution < 1.29 is 9.90 Å². The van der Waals surface area contributed by atoms with Crippen molar-refractivity contribution in [3.05, 3.63) is 48.5 Å². The lowest BCUT2D eigenvalue weighted by Crippen LogP contribution is -2.25. The zero-order valence-corrected chi connectivity index (χ0v) is 13.4. The number of nitrogens with two attached hydrogens (primary N) is 1. The molecule has 1 aromatic heterocycles. The first kappa shape index (κ1) is 15.7. The molecule has 0 radical (unpaired) electrons. The Morgan fingerprint density at radius 3 is 2.83 bits per heavy atom. The van der Waals surface area contributed by atoms with Gasteiger partial charge in [-0.1, -0.05) is 31.5 Å². The van der Waals surface area contributed by atoms with Crippen molar-refractivity contribution >= 4 is 5.97 Å². The summed E-state index contributed by atoms with van der Waals surface area (Å²) in [6.07, 6.45) is 6.06. The monoisotopic (exact) mass is 313 g/mol. The standard InChI is InChI=1S/C18H23N3O2/c1-2-13(10-19)8-14-9-18(14,17(22)23)16-11-21(12-20-16)15-6-4-3-5-7-15/h3-7,11-14H,2,8-10,19H2,1H3,(H,22,23)/t13-,14-,18+/m0/s1. The smallest absolute Gasteiger partial charge is 0.316 e. The number of para-hydroxylation sites is 1. The average Bonchev–Trinajstić information content (AvgIpc) is 3.09. The van der Waals surface area contributed by atoms with Gasteiger partial charge in [-0.2, -0.15) is 0 Å². The number of imidazole rings is 1. The number of hydrogen-bond donors (Lipinski definition) is 2. The molecule has 3 N–H and O–H groups in total. The molecule has 0 bridgehead atoms. The van der Waals surface area contributed by atoms with Crippen LogP contribution in [-0.2, 0) is 10.2 Å². The van der Waals surface area contributed by atoms with Crippen LogP contribution < -0.4 is 5.73 Å². The van der Waals surface area contributed by atoms with Crippen LogP contribution in [0.2, 0.25) is 0 Å². The Bertz CT molecular complexity index is 679. The summed E-state index contributed by atoms with van der Waals surface area (Å²) in [5, 5.41) is 9.79. The minimum absolute atomic E-state index is 0.132. The number of hydrogen-bond acceptors (Lipinski definition) is 3.